The summed E-state index contributed by atoms with van der Waals surface area (Å²) in [5.41, 5.74) is 3.31. The third-order valence-electron chi connectivity index (χ3n) is 4.25. The second kappa shape index (κ2) is 8.23. The highest BCUT2D eigenvalue weighted by molar-refractivity contribution is 7.21. The summed E-state index contributed by atoms with van der Waals surface area (Å²) in [6.07, 6.45) is 0.952. The molecular formula is C23H20N2O2S. The van der Waals surface area contributed by atoms with E-state index in [-0.39, 0.29) is 5.91 Å². The number of hydrogen-bond acceptors (Lipinski definition) is 4. The lowest BCUT2D eigenvalue weighted by atomic mass is 10.1. The third-order valence-corrected chi connectivity index (χ3v) is 5.34. The number of rotatable bonds is 6. The van der Waals surface area contributed by atoms with E-state index in [0.717, 1.165) is 38.6 Å². The van der Waals surface area contributed by atoms with Gasteiger partial charge in [0, 0.05) is 16.8 Å². The minimum Gasteiger partial charge on any atom is -0.494 e. The average molecular weight is 388 g/mol. The van der Waals surface area contributed by atoms with Crippen LogP contribution in [0.25, 0.3) is 20.8 Å². The zero-order chi connectivity index (χ0) is 19.3. The number of hydrogen-bond donors (Lipinski definition) is 1. The molecule has 0 unspecified atom stereocenters. The predicted molar refractivity (Wildman–Crippen MR) is 115 cm³/mol. The van der Waals surface area contributed by atoms with Gasteiger partial charge in [0.1, 0.15) is 10.8 Å². The van der Waals surface area contributed by atoms with Crippen LogP contribution in [0.15, 0.2) is 72.8 Å². The smallest absolute Gasteiger partial charge is 0.255 e. The van der Waals surface area contributed by atoms with Crippen molar-refractivity contribution in [2.45, 2.75) is 13.3 Å². The van der Waals surface area contributed by atoms with Crippen LogP contribution < -0.4 is 10.1 Å². The lowest BCUT2D eigenvalue weighted by Crippen LogP contribution is -2.11. The zero-order valence-corrected chi connectivity index (χ0v) is 16.3. The molecule has 0 saturated carbocycles. The van der Waals surface area contributed by atoms with Gasteiger partial charge >= 0.3 is 0 Å². The molecule has 0 saturated heterocycles. The summed E-state index contributed by atoms with van der Waals surface area (Å²) in [6.45, 7) is 2.73. The first-order valence-electron chi connectivity index (χ1n) is 9.23. The molecule has 5 heteroatoms. The first-order valence-corrected chi connectivity index (χ1v) is 10.0. The summed E-state index contributed by atoms with van der Waals surface area (Å²) in [5.74, 6) is 0.625. The van der Waals surface area contributed by atoms with Crippen LogP contribution in [0.5, 0.6) is 5.75 Å². The van der Waals surface area contributed by atoms with Gasteiger partial charge < -0.3 is 10.1 Å². The molecule has 1 aromatic heterocycles. The van der Waals surface area contributed by atoms with Crippen molar-refractivity contribution in [3.05, 3.63) is 78.4 Å². The molecule has 140 valence electrons. The van der Waals surface area contributed by atoms with Crippen molar-refractivity contribution in [2.75, 3.05) is 11.9 Å². The van der Waals surface area contributed by atoms with Crippen LogP contribution in [-0.4, -0.2) is 17.5 Å². The first-order chi connectivity index (χ1) is 13.7. The summed E-state index contributed by atoms with van der Waals surface area (Å²) < 4.78 is 6.71. The summed E-state index contributed by atoms with van der Waals surface area (Å²) >= 11 is 1.64. The van der Waals surface area contributed by atoms with Gasteiger partial charge in [-0.3, -0.25) is 4.79 Å². The number of amides is 1. The fourth-order valence-corrected chi connectivity index (χ4v) is 3.81. The minimum absolute atomic E-state index is 0.150. The molecule has 1 heterocycles. The largest absolute Gasteiger partial charge is 0.494 e. The van der Waals surface area contributed by atoms with Crippen molar-refractivity contribution in [1.82, 2.24) is 4.98 Å². The Kier molecular flexibility index (Phi) is 5.35. The predicted octanol–water partition coefficient (Wildman–Crippen LogP) is 6.00. The van der Waals surface area contributed by atoms with Crippen molar-refractivity contribution >= 4 is 33.1 Å². The number of ether oxygens (including phenoxy) is 1. The summed E-state index contributed by atoms with van der Waals surface area (Å²) in [4.78, 5) is 17.3. The van der Waals surface area contributed by atoms with E-state index in [9.17, 15) is 4.79 Å². The van der Waals surface area contributed by atoms with Crippen LogP contribution in [-0.2, 0) is 0 Å². The molecule has 0 radical (unpaired) electrons. The van der Waals surface area contributed by atoms with Crippen LogP contribution in [0.3, 0.4) is 0 Å². The van der Waals surface area contributed by atoms with E-state index in [2.05, 4.69) is 23.3 Å². The van der Waals surface area contributed by atoms with Gasteiger partial charge in [0.05, 0.1) is 16.8 Å². The van der Waals surface area contributed by atoms with Gasteiger partial charge in [0.15, 0.2) is 0 Å². The van der Waals surface area contributed by atoms with Crippen molar-refractivity contribution in [2.24, 2.45) is 0 Å². The van der Waals surface area contributed by atoms with E-state index < -0.39 is 0 Å². The normalized spacial score (nSPS) is 10.8. The summed E-state index contributed by atoms with van der Waals surface area (Å²) in [6, 6.07) is 23.0. The number of para-hydroxylation sites is 1. The number of thiazole rings is 1. The fraction of sp³-hybridized carbons (Fsp3) is 0.130. The molecule has 0 fully saturated rings. The van der Waals surface area contributed by atoms with Crippen molar-refractivity contribution < 1.29 is 9.53 Å². The molecule has 0 spiro atoms. The quantitative estimate of drug-likeness (QED) is 0.440. The Balaban J connectivity index is 1.50. The fourth-order valence-electron chi connectivity index (χ4n) is 2.85. The molecule has 1 N–H and O–H groups in total. The van der Waals surface area contributed by atoms with Gasteiger partial charge in [-0.25, -0.2) is 4.98 Å². The van der Waals surface area contributed by atoms with Crippen molar-refractivity contribution in [3.8, 4) is 16.3 Å². The second-order valence-electron chi connectivity index (χ2n) is 6.39. The number of aromatic nitrogens is 1. The molecule has 1 amide bonds. The lowest BCUT2D eigenvalue weighted by Gasteiger charge is -2.08. The van der Waals surface area contributed by atoms with Gasteiger partial charge in [0.2, 0.25) is 0 Å². The lowest BCUT2D eigenvalue weighted by molar-refractivity contribution is 0.102. The van der Waals surface area contributed by atoms with E-state index in [4.69, 9.17) is 4.74 Å². The molecule has 0 aliphatic carbocycles. The highest BCUT2D eigenvalue weighted by Gasteiger charge is 2.09. The Morgan fingerprint density at radius 1 is 1.04 bits per heavy atom. The SMILES string of the molecule is CCCOc1ccc(C(=O)Nc2cccc(-c3nc4ccccc4s3)c2)cc1. The highest BCUT2D eigenvalue weighted by atomic mass is 32.1. The van der Waals surface area contributed by atoms with Gasteiger partial charge in [-0.2, -0.15) is 0 Å². The second-order valence-corrected chi connectivity index (χ2v) is 7.43. The molecule has 4 rings (SSSR count). The summed E-state index contributed by atoms with van der Waals surface area (Å²) in [7, 11) is 0. The van der Waals surface area contributed by atoms with Crippen LogP contribution >= 0.6 is 11.3 Å². The Hall–Kier alpha value is -3.18. The van der Waals surface area contributed by atoms with Crippen LogP contribution in [0.1, 0.15) is 23.7 Å². The third kappa shape index (κ3) is 4.05. The highest BCUT2D eigenvalue weighted by Crippen LogP contribution is 2.31. The van der Waals surface area contributed by atoms with Crippen molar-refractivity contribution in [1.29, 1.82) is 0 Å². The van der Waals surface area contributed by atoms with E-state index in [0.29, 0.717) is 12.2 Å². The number of carbonyl (C=O) groups excluding carboxylic acids is 1. The van der Waals surface area contributed by atoms with Crippen LogP contribution in [0.4, 0.5) is 5.69 Å². The first kappa shape index (κ1) is 18.2. The number of benzene rings is 3. The molecule has 4 aromatic rings. The van der Waals surface area contributed by atoms with Crippen LogP contribution in [0, 0.1) is 0 Å². The van der Waals surface area contributed by atoms with E-state index in [1.54, 1.807) is 23.5 Å². The standard InChI is InChI=1S/C23H20N2O2S/c1-2-14-27-19-12-10-16(11-13-19)22(26)24-18-7-5-6-17(15-18)23-25-20-8-3-4-9-21(20)28-23/h3-13,15H,2,14H2,1H3,(H,24,26). The average Bonchev–Trinajstić information content (AvgIpc) is 3.17. The molecule has 28 heavy (non-hydrogen) atoms. The molecule has 3 aromatic carbocycles. The maximum atomic E-state index is 12.6. The molecular weight excluding hydrogens is 368 g/mol. The van der Waals surface area contributed by atoms with E-state index in [1.165, 1.54) is 0 Å². The topological polar surface area (TPSA) is 51.2 Å². The number of nitrogens with zero attached hydrogens (tertiary/aromatic N) is 1. The monoisotopic (exact) mass is 388 g/mol. The molecule has 0 atom stereocenters. The van der Waals surface area contributed by atoms with Crippen LogP contribution in [0.2, 0.25) is 0 Å². The van der Waals surface area contributed by atoms with E-state index >= 15 is 0 Å². The Labute approximate surface area is 167 Å². The van der Waals surface area contributed by atoms with Gasteiger partial charge in [-0.15, -0.1) is 11.3 Å². The molecule has 0 aliphatic rings. The zero-order valence-electron chi connectivity index (χ0n) is 15.5. The maximum absolute atomic E-state index is 12.6. The maximum Gasteiger partial charge on any atom is 0.255 e. The number of fused-ring (bicyclic) bond motifs is 1. The van der Waals surface area contributed by atoms with Crippen molar-refractivity contribution in [3.63, 3.8) is 0 Å². The Morgan fingerprint density at radius 2 is 1.86 bits per heavy atom. The van der Waals surface area contributed by atoms with Gasteiger partial charge in [-0.05, 0) is 55.0 Å². The number of nitrogens with one attached hydrogen (secondary N) is 1. The van der Waals surface area contributed by atoms with Gasteiger partial charge in [0.25, 0.3) is 5.91 Å². The Bertz CT molecular complexity index is 1070. The minimum atomic E-state index is -0.150. The molecule has 4 nitrogen and oxygen atoms in total. The number of anilines is 1. The van der Waals surface area contributed by atoms with E-state index in [1.807, 2.05) is 54.6 Å². The number of carbonyl (C=O) groups is 1. The summed E-state index contributed by atoms with van der Waals surface area (Å²) in [5, 5.41) is 3.90. The molecule has 0 bridgehead atoms. The Morgan fingerprint density at radius 3 is 2.64 bits per heavy atom. The van der Waals surface area contributed by atoms with Gasteiger partial charge in [-0.1, -0.05) is 31.2 Å². The molecule has 0 aliphatic heterocycles.